The number of hydrogen-bond donors (Lipinski definition) is 1. The topological polar surface area (TPSA) is 71.2 Å². The van der Waals surface area contributed by atoms with Crippen molar-refractivity contribution in [2.24, 2.45) is 0 Å². The Labute approximate surface area is 141 Å². The Bertz CT molecular complexity index is 684. The molecule has 0 spiro atoms. The normalized spacial score (nSPS) is 20.8. The number of β-amino-alcohol motifs (C(OH)–C–C–N with tert-alkyl or cyclic N) is 1. The fraction of sp³-hybridized carbons (Fsp3) is 0.389. The van der Waals surface area contributed by atoms with Crippen molar-refractivity contribution in [3.8, 4) is 0 Å². The summed E-state index contributed by atoms with van der Waals surface area (Å²) in [6, 6.07) is 10.0. The average Bonchev–Trinajstić information content (AvgIpc) is 3.22. The van der Waals surface area contributed by atoms with Gasteiger partial charge in [0.2, 0.25) is 5.91 Å². The van der Waals surface area contributed by atoms with E-state index in [-0.39, 0.29) is 5.91 Å². The number of carbonyl (C=O) groups is 1. The molecule has 6 heteroatoms. The number of likely N-dealkylation sites (tertiary alicyclic amines) is 1. The number of benzene rings is 1. The van der Waals surface area contributed by atoms with Gasteiger partial charge in [0.05, 0.1) is 19.3 Å². The van der Waals surface area contributed by atoms with E-state index in [1.54, 1.807) is 22.0 Å². The van der Waals surface area contributed by atoms with Gasteiger partial charge in [0.15, 0.2) is 0 Å². The molecule has 1 fully saturated rings. The van der Waals surface area contributed by atoms with E-state index in [4.69, 9.17) is 0 Å². The molecule has 0 aliphatic carbocycles. The highest BCUT2D eigenvalue weighted by atomic mass is 16.3. The van der Waals surface area contributed by atoms with Crippen LogP contribution < -0.4 is 0 Å². The Morgan fingerprint density at radius 3 is 2.92 bits per heavy atom. The molecule has 6 nitrogen and oxygen atoms in total. The van der Waals surface area contributed by atoms with Crippen LogP contribution in [0.5, 0.6) is 0 Å². The molecule has 3 rings (SSSR count). The molecule has 2 heterocycles. The molecule has 2 aromatic rings. The monoisotopic (exact) mass is 326 g/mol. The predicted octanol–water partition coefficient (Wildman–Crippen LogP) is 1.74. The first-order valence-electron chi connectivity index (χ1n) is 8.20. The average molecular weight is 326 g/mol. The lowest BCUT2D eigenvalue weighted by Crippen LogP contribution is -2.39. The molecule has 1 atom stereocenters. The zero-order valence-corrected chi connectivity index (χ0v) is 13.6. The van der Waals surface area contributed by atoms with Gasteiger partial charge in [-0.1, -0.05) is 47.7 Å². The summed E-state index contributed by atoms with van der Waals surface area (Å²) >= 11 is 0. The van der Waals surface area contributed by atoms with Crippen molar-refractivity contribution in [3.63, 3.8) is 0 Å². The number of hydrogen-bond acceptors (Lipinski definition) is 4. The first kappa shape index (κ1) is 16.4. The number of allylic oxidation sites excluding steroid dienone is 1. The van der Waals surface area contributed by atoms with Gasteiger partial charge in [-0.05, 0) is 18.4 Å². The number of amides is 1. The molecule has 1 amide bonds. The van der Waals surface area contributed by atoms with E-state index in [2.05, 4.69) is 10.3 Å². The highest BCUT2D eigenvalue weighted by molar-refractivity contribution is 5.77. The first-order valence-corrected chi connectivity index (χ1v) is 8.20. The van der Waals surface area contributed by atoms with Gasteiger partial charge in [0.25, 0.3) is 0 Å². The maximum atomic E-state index is 12.3. The van der Waals surface area contributed by atoms with E-state index >= 15 is 0 Å². The van der Waals surface area contributed by atoms with E-state index in [1.165, 1.54) is 0 Å². The molecule has 1 aromatic heterocycles. The summed E-state index contributed by atoms with van der Waals surface area (Å²) in [7, 11) is 0. The second-order valence-electron chi connectivity index (χ2n) is 6.24. The van der Waals surface area contributed by atoms with Crippen LogP contribution in [0, 0.1) is 0 Å². The summed E-state index contributed by atoms with van der Waals surface area (Å²) in [4.78, 5) is 14.0. The summed E-state index contributed by atoms with van der Waals surface area (Å²) in [5.74, 6) is 0.0854. The Kier molecular flexibility index (Phi) is 5.05. The highest BCUT2D eigenvalue weighted by Crippen LogP contribution is 2.23. The molecule has 0 bridgehead atoms. The first-order chi connectivity index (χ1) is 11.6. The molecule has 0 saturated carbocycles. The van der Waals surface area contributed by atoms with Crippen LogP contribution in [0.3, 0.4) is 0 Å². The van der Waals surface area contributed by atoms with Crippen LogP contribution in [-0.4, -0.2) is 49.6 Å². The SMILES string of the molecule is O=C(CC/C=C/c1ccccc1)N1CCC(O)(Cn2ccnn2)C1. The Morgan fingerprint density at radius 2 is 2.17 bits per heavy atom. The summed E-state index contributed by atoms with van der Waals surface area (Å²) in [5, 5.41) is 18.2. The lowest BCUT2D eigenvalue weighted by atomic mass is 10.0. The van der Waals surface area contributed by atoms with Crippen LogP contribution in [0.25, 0.3) is 6.08 Å². The van der Waals surface area contributed by atoms with Crippen molar-refractivity contribution in [2.75, 3.05) is 13.1 Å². The Morgan fingerprint density at radius 1 is 1.33 bits per heavy atom. The number of aromatic nitrogens is 3. The van der Waals surface area contributed by atoms with Crippen molar-refractivity contribution in [1.82, 2.24) is 19.9 Å². The van der Waals surface area contributed by atoms with Crippen molar-refractivity contribution < 1.29 is 9.90 Å². The molecule has 24 heavy (non-hydrogen) atoms. The van der Waals surface area contributed by atoms with Gasteiger partial charge in [0.1, 0.15) is 5.60 Å². The second-order valence-corrected chi connectivity index (χ2v) is 6.24. The number of carbonyl (C=O) groups excluding carboxylic acids is 1. The predicted molar refractivity (Wildman–Crippen MR) is 90.9 cm³/mol. The largest absolute Gasteiger partial charge is 0.386 e. The summed E-state index contributed by atoms with van der Waals surface area (Å²) in [6.07, 6.45) is 9.08. The summed E-state index contributed by atoms with van der Waals surface area (Å²) in [5.41, 5.74) is 0.219. The minimum atomic E-state index is -0.913. The Hall–Kier alpha value is -2.47. The molecular formula is C18H22N4O2. The van der Waals surface area contributed by atoms with Gasteiger partial charge in [0, 0.05) is 19.2 Å². The van der Waals surface area contributed by atoms with Crippen LogP contribution in [0.2, 0.25) is 0 Å². The summed E-state index contributed by atoms with van der Waals surface area (Å²) < 4.78 is 1.61. The molecule has 1 aromatic carbocycles. The van der Waals surface area contributed by atoms with E-state index in [0.29, 0.717) is 38.9 Å². The van der Waals surface area contributed by atoms with Gasteiger partial charge in [-0.2, -0.15) is 0 Å². The van der Waals surface area contributed by atoms with Gasteiger partial charge >= 0.3 is 0 Å². The lowest BCUT2D eigenvalue weighted by molar-refractivity contribution is -0.131. The molecule has 0 radical (unpaired) electrons. The molecule has 126 valence electrons. The van der Waals surface area contributed by atoms with E-state index in [0.717, 1.165) is 5.56 Å². The van der Waals surface area contributed by atoms with Gasteiger partial charge < -0.3 is 10.0 Å². The lowest BCUT2D eigenvalue weighted by Gasteiger charge is -2.23. The third kappa shape index (κ3) is 4.29. The number of aliphatic hydroxyl groups is 1. The van der Waals surface area contributed by atoms with Crippen molar-refractivity contribution >= 4 is 12.0 Å². The van der Waals surface area contributed by atoms with Crippen LogP contribution >= 0.6 is 0 Å². The molecular weight excluding hydrogens is 304 g/mol. The Balaban J connectivity index is 1.45. The van der Waals surface area contributed by atoms with Gasteiger partial charge in [-0.15, -0.1) is 5.10 Å². The zero-order valence-electron chi connectivity index (χ0n) is 13.6. The second kappa shape index (κ2) is 7.40. The summed E-state index contributed by atoms with van der Waals surface area (Å²) in [6.45, 7) is 1.31. The molecule has 1 aliphatic heterocycles. The fourth-order valence-electron chi connectivity index (χ4n) is 2.97. The third-order valence-electron chi connectivity index (χ3n) is 4.25. The molecule has 1 unspecified atom stereocenters. The highest BCUT2D eigenvalue weighted by Gasteiger charge is 2.38. The molecule has 1 aliphatic rings. The van der Waals surface area contributed by atoms with Gasteiger partial charge in [-0.3, -0.25) is 4.79 Å². The standard InChI is InChI=1S/C18H22N4O2/c23-17(9-5-4-8-16-6-2-1-3-7-16)21-12-10-18(24,14-21)15-22-13-11-19-20-22/h1-4,6-8,11,13,24H,5,9-10,12,14-15H2/b8-4+. The maximum Gasteiger partial charge on any atom is 0.222 e. The minimum absolute atomic E-state index is 0.0854. The number of nitrogens with zero attached hydrogens (tertiary/aromatic N) is 4. The maximum absolute atomic E-state index is 12.3. The van der Waals surface area contributed by atoms with E-state index < -0.39 is 5.60 Å². The molecule has 1 N–H and O–H groups in total. The van der Waals surface area contributed by atoms with Crippen molar-refractivity contribution in [2.45, 2.75) is 31.4 Å². The van der Waals surface area contributed by atoms with Crippen LogP contribution in [0.4, 0.5) is 0 Å². The smallest absolute Gasteiger partial charge is 0.222 e. The van der Waals surface area contributed by atoms with Gasteiger partial charge in [-0.25, -0.2) is 4.68 Å². The fourth-order valence-corrected chi connectivity index (χ4v) is 2.97. The number of rotatable bonds is 6. The van der Waals surface area contributed by atoms with Crippen LogP contribution in [0.1, 0.15) is 24.8 Å². The quantitative estimate of drug-likeness (QED) is 0.878. The third-order valence-corrected chi connectivity index (χ3v) is 4.25. The van der Waals surface area contributed by atoms with E-state index in [1.807, 2.05) is 42.5 Å². The van der Waals surface area contributed by atoms with Crippen LogP contribution in [-0.2, 0) is 11.3 Å². The van der Waals surface area contributed by atoms with Crippen molar-refractivity contribution in [3.05, 3.63) is 54.4 Å². The zero-order chi connectivity index (χ0) is 16.8. The van der Waals surface area contributed by atoms with Crippen LogP contribution in [0.15, 0.2) is 48.8 Å². The minimum Gasteiger partial charge on any atom is -0.386 e. The van der Waals surface area contributed by atoms with Crippen molar-refractivity contribution in [1.29, 1.82) is 0 Å². The molecule has 1 saturated heterocycles. The van der Waals surface area contributed by atoms with E-state index in [9.17, 15) is 9.90 Å².